The largest absolute Gasteiger partial charge is 0.481 e. The van der Waals surface area contributed by atoms with Crippen LogP contribution < -0.4 is 5.32 Å². The van der Waals surface area contributed by atoms with Gasteiger partial charge >= 0.3 is 5.97 Å². The summed E-state index contributed by atoms with van der Waals surface area (Å²) in [4.78, 5) is 22.8. The normalized spacial score (nSPS) is 15.8. The van der Waals surface area contributed by atoms with Gasteiger partial charge in [0.05, 0.1) is 11.8 Å². The summed E-state index contributed by atoms with van der Waals surface area (Å²) in [5, 5.41) is 11.7. The first-order valence-electron chi connectivity index (χ1n) is 6.17. The van der Waals surface area contributed by atoms with Crippen LogP contribution in [0.2, 0.25) is 0 Å². The van der Waals surface area contributed by atoms with Gasteiger partial charge in [-0.25, -0.2) is 0 Å². The van der Waals surface area contributed by atoms with E-state index in [0.717, 1.165) is 25.7 Å². The number of amides is 1. The Balaban J connectivity index is 2.12. The molecule has 1 aliphatic rings. The van der Waals surface area contributed by atoms with Gasteiger partial charge in [-0.15, -0.1) is 0 Å². The topological polar surface area (TPSA) is 79.5 Å². The van der Waals surface area contributed by atoms with E-state index < -0.39 is 5.97 Å². The molecule has 0 atom stereocenters. The first-order chi connectivity index (χ1) is 8.58. The minimum absolute atomic E-state index is 0.212. The monoisotopic (exact) mass is 251 g/mol. The Kier molecular flexibility index (Phi) is 3.69. The molecule has 1 heterocycles. The van der Waals surface area contributed by atoms with E-state index in [1.807, 2.05) is 0 Å². The summed E-state index contributed by atoms with van der Waals surface area (Å²) in [7, 11) is 0. The van der Waals surface area contributed by atoms with Crippen LogP contribution in [0.1, 0.15) is 47.4 Å². The van der Waals surface area contributed by atoms with E-state index in [1.54, 1.807) is 6.92 Å². The molecular formula is C13H17NO4. The second-order valence-corrected chi connectivity index (χ2v) is 4.74. The third-order valence-electron chi connectivity index (χ3n) is 3.28. The fraction of sp³-hybridized carbons (Fsp3) is 0.538. The lowest BCUT2D eigenvalue weighted by Crippen LogP contribution is -2.33. The van der Waals surface area contributed by atoms with Crippen molar-refractivity contribution in [1.29, 1.82) is 0 Å². The minimum atomic E-state index is -1.00. The number of carboxylic acids is 1. The fourth-order valence-corrected chi connectivity index (χ4v) is 2.40. The number of carbonyl (C=O) groups is 2. The standard InChI is InChI=1S/C13H17NO4/c1-8-7-18-10(6-11(15)16)12(8)13(17)14-9-4-2-3-5-9/h7,9H,2-6H2,1H3,(H,14,17)(H,15,16). The molecule has 2 N–H and O–H groups in total. The Bertz CT molecular complexity index is 458. The number of aryl methyl sites for hydroxylation is 1. The minimum Gasteiger partial charge on any atom is -0.481 e. The highest BCUT2D eigenvalue weighted by molar-refractivity contribution is 5.97. The van der Waals surface area contributed by atoms with E-state index in [0.29, 0.717) is 11.1 Å². The zero-order chi connectivity index (χ0) is 13.1. The zero-order valence-electron chi connectivity index (χ0n) is 10.4. The Morgan fingerprint density at radius 2 is 2.11 bits per heavy atom. The molecule has 1 saturated carbocycles. The summed E-state index contributed by atoms with van der Waals surface area (Å²) in [5.74, 6) is -0.987. The summed E-state index contributed by atoms with van der Waals surface area (Å²) in [5.41, 5.74) is 1.06. The van der Waals surface area contributed by atoms with Crippen molar-refractivity contribution in [2.45, 2.75) is 45.1 Å². The van der Waals surface area contributed by atoms with E-state index in [1.165, 1.54) is 6.26 Å². The molecule has 0 aromatic carbocycles. The van der Waals surface area contributed by atoms with Gasteiger partial charge in [0.25, 0.3) is 5.91 Å². The van der Waals surface area contributed by atoms with Crippen molar-refractivity contribution in [3.63, 3.8) is 0 Å². The molecule has 98 valence electrons. The Labute approximate surface area is 105 Å². The number of aliphatic carboxylic acids is 1. The van der Waals surface area contributed by atoms with Crippen LogP contribution in [0.25, 0.3) is 0 Å². The first-order valence-corrected chi connectivity index (χ1v) is 6.17. The van der Waals surface area contributed by atoms with Crippen LogP contribution in [0.5, 0.6) is 0 Å². The highest BCUT2D eigenvalue weighted by atomic mass is 16.4. The first kappa shape index (κ1) is 12.7. The van der Waals surface area contributed by atoms with E-state index in [9.17, 15) is 9.59 Å². The van der Waals surface area contributed by atoms with Gasteiger partial charge in [-0.2, -0.15) is 0 Å². The van der Waals surface area contributed by atoms with Crippen LogP contribution >= 0.6 is 0 Å². The van der Waals surface area contributed by atoms with E-state index in [4.69, 9.17) is 9.52 Å². The third kappa shape index (κ3) is 2.72. The molecule has 0 spiro atoms. The predicted molar refractivity (Wildman–Crippen MR) is 64.5 cm³/mol. The zero-order valence-corrected chi connectivity index (χ0v) is 10.4. The maximum absolute atomic E-state index is 12.1. The van der Waals surface area contributed by atoms with Crippen molar-refractivity contribution in [3.8, 4) is 0 Å². The molecule has 0 saturated heterocycles. The molecular weight excluding hydrogens is 234 g/mol. The van der Waals surface area contributed by atoms with Crippen LogP contribution in [0.4, 0.5) is 0 Å². The number of nitrogens with one attached hydrogen (secondary N) is 1. The summed E-state index contributed by atoms with van der Waals surface area (Å²) in [6.45, 7) is 1.75. The maximum atomic E-state index is 12.1. The molecule has 5 heteroatoms. The summed E-state index contributed by atoms with van der Waals surface area (Å²) < 4.78 is 5.15. The molecule has 5 nitrogen and oxygen atoms in total. The molecule has 2 rings (SSSR count). The van der Waals surface area contributed by atoms with Crippen molar-refractivity contribution in [3.05, 3.63) is 23.2 Å². The highest BCUT2D eigenvalue weighted by Gasteiger charge is 2.24. The number of hydrogen-bond donors (Lipinski definition) is 2. The summed E-state index contributed by atoms with van der Waals surface area (Å²) >= 11 is 0. The second kappa shape index (κ2) is 5.25. The fourth-order valence-electron chi connectivity index (χ4n) is 2.40. The summed E-state index contributed by atoms with van der Waals surface area (Å²) in [6.07, 6.45) is 5.44. The number of carboxylic acid groups (broad SMARTS) is 1. The molecule has 1 aliphatic carbocycles. The van der Waals surface area contributed by atoms with E-state index in [2.05, 4.69) is 5.32 Å². The van der Waals surface area contributed by atoms with Crippen LogP contribution in [0, 0.1) is 6.92 Å². The van der Waals surface area contributed by atoms with Crippen molar-refractivity contribution >= 4 is 11.9 Å². The van der Waals surface area contributed by atoms with Crippen LogP contribution in [0.15, 0.2) is 10.7 Å². The number of carbonyl (C=O) groups excluding carboxylic acids is 1. The summed E-state index contributed by atoms with van der Waals surface area (Å²) in [6, 6.07) is 0.212. The van der Waals surface area contributed by atoms with Gasteiger partial charge in [-0.1, -0.05) is 12.8 Å². The molecule has 18 heavy (non-hydrogen) atoms. The van der Waals surface area contributed by atoms with Crippen molar-refractivity contribution in [2.75, 3.05) is 0 Å². The molecule has 1 aromatic heterocycles. The number of rotatable bonds is 4. The van der Waals surface area contributed by atoms with Gasteiger partial charge in [0, 0.05) is 11.6 Å². The predicted octanol–water partition coefficient (Wildman–Crippen LogP) is 1.89. The lowest BCUT2D eigenvalue weighted by molar-refractivity contribution is -0.136. The second-order valence-electron chi connectivity index (χ2n) is 4.74. The van der Waals surface area contributed by atoms with Gasteiger partial charge in [0.2, 0.25) is 0 Å². The molecule has 0 unspecified atom stereocenters. The average Bonchev–Trinajstić information content (AvgIpc) is 2.88. The molecule has 0 bridgehead atoms. The molecule has 1 amide bonds. The Morgan fingerprint density at radius 3 is 2.72 bits per heavy atom. The number of hydrogen-bond acceptors (Lipinski definition) is 3. The average molecular weight is 251 g/mol. The van der Waals surface area contributed by atoms with Crippen LogP contribution in [-0.4, -0.2) is 23.0 Å². The van der Waals surface area contributed by atoms with Crippen molar-refractivity contribution in [1.82, 2.24) is 5.32 Å². The quantitative estimate of drug-likeness (QED) is 0.856. The van der Waals surface area contributed by atoms with Gasteiger partial charge < -0.3 is 14.8 Å². The van der Waals surface area contributed by atoms with Gasteiger partial charge in [-0.3, -0.25) is 9.59 Å². The van der Waals surface area contributed by atoms with E-state index >= 15 is 0 Å². The SMILES string of the molecule is Cc1coc(CC(=O)O)c1C(=O)NC1CCCC1. The Hall–Kier alpha value is -1.78. The lowest BCUT2D eigenvalue weighted by Gasteiger charge is -2.12. The van der Waals surface area contributed by atoms with Gasteiger partial charge in [0.15, 0.2) is 0 Å². The smallest absolute Gasteiger partial charge is 0.311 e. The highest BCUT2D eigenvalue weighted by Crippen LogP contribution is 2.21. The molecule has 1 fully saturated rings. The van der Waals surface area contributed by atoms with Gasteiger partial charge in [-0.05, 0) is 19.8 Å². The van der Waals surface area contributed by atoms with Crippen LogP contribution in [0.3, 0.4) is 0 Å². The Morgan fingerprint density at radius 1 is 1.44 bits per heavy atom. The molecule has 0 aliphatic heterocycles. The molecule has 0 radical (unpaired) electrons. The van der Waals surface area contributed by atoms with Gasteiger partial charge in [0.1, 0.15) is 12.2 Å². The number of furan rings is 1. The third-order valence-corrected chi connectivity index (χ3v) is 3.28. The van der Waals surface area contributed by atoms with Crippen molar-refractivity contribution < 1.29 is 19.1 Å². The maximum Gasteiger partial charge on any atom is 0.311 e. The molecule has 1 aromatic rings. The van der Waals surface area contributed by atoms with Crippen molar-refractivity contribution in [2.24, 2.45) is 0 Å². The van der Waals surface area contributed by atoms with Crippen LogP contribution in [-0.2, 0) is 11.2 Å². The van der Waals surface area contributed by atoms with E-state index in [-0.39, 0.29) is 24.1 Å². The lowest BCUT2D eigenvalue weighted by atomic mass is 10.1.